The molecule has 68 valence electrons. The Hall–Kier alpha value is -0.780. The number of hydrogen-bond acceptors (Lipinski definition) is 0. The van der Waals surface area contributed by atoms with Crippen LogP contribution in [0.1, 0.15) is 40.0 Å². The maximum Gasteiger partial charge on any atom is -0.0139 e. The van der Waals surface area contributed by atoms with Gasteiger partial charge in [-0.1, -0.05) is 49.3 Å². The molecule has 0 saturated heterocycles. The van der Waals surface area contributed by atoms with E-state index in [-0.39, 0.29) is 0 Å². The molecule has 0 bridgehead atoms. The van der Waals surface area contributed by atoms with Crippen molar-refractivity contribution >= 4 is 0 Å². The zero-order chi connectivity index (χ0) is 9.23. The Balaban J connectivity index is 3.49. The van der Waals surface area contributed by atoms with E-state index in [0.29, 0.717) is 0 Å². The molecule has 0 unspecified atom stereocenters. The maximum absolute atomic E-state index is 2.21. The normalized spacial score (nSPS) is 13.4. The third kappa shape index (κ3) is 7.33. The van der Waals surface area contributed by atoms with Crippen molar-refractivity contribution in [3.05, 3.63) is 36.0 Å². The van der Waals surface area contributed by atoms with Gasteiger partial charge in [0.2, 0.25) is 0 Å². The smallest absolute Gasteiger partial charge is 0.0139 e. The zero-order valence-electron chi connectivity index (χ0n) is 8.51. The Bertz CT molecular complexity index is 170. The van der Waals surface area contributed by atoms with Gasteiger partial charge in [0.15, 0.2) is 0 Å². The van der Waals surface area contributed by atoms with Crippen LogP contribution in [0.3, 0.4) is 0 Å². The Morgan fingerprint density at radius 2 is 1.83 bits per heavy atom. The Labute approximate surface area is 76.7 Å². The van der Waals surface area contributed by atoms with Gasteiger partial charge in [0.05, 0.1) is 0 Å². The topological polar surface area (TPSA) is 0 Å². The lowest BCUT2D eigenvalue weighted by molar-refractivity contribution is 0.959. The molecule has 0 radical (unpaired) electrons. The summed E-state index contributed by atoms with van der Waals surface area (Å²) in [5.41, 5.74) is 1.43. The molecule has 0 aromatic rings. The Kier molecular flexibility index (Phi) is 7.78. The molecule has 0 fully saturated rings. The third-order valence-corrected chi connectivity index (χ3v) is 1.77. The van der Waals surface area contributed by atoms with E-state index < -0.39 is 0 Å². The predicted octanol–water partition coefficient (Wildman–Crippen LogP) is 4.26. The fourth-order valence-electron chi connectivity index (χ4n) is 0.792. The van der Waals surface area contributed by atoms with Gasteiger partial charge in [-0.15, -0.1) is 0 Å². The number of unbranched alkanes of at least 4 members (excludes halogenated alkanes) is 1. The van der Waals surface area contributed by atoms with Crippen molar-refractivity contribution in [2.45, 2.75) is 40.0 Å². The van der Waals surface area contributed by atoms with E-state index in [1.165, 1.54) is 18.4 Å². The lowest BCUT2D eigenvalue weighted by Gasteiger charge is -1.89. The summed E-state index contributed by atoms with van der Waals surface area (Å²) in [6, 6.07) is 0. The van der Waals surface area contributed by atoms with Crippen LogP contribution in [0.2, 0.25) is 0 Å². The molecule has 0 aliphatic heterocycles. The van der Waals surface area contributed by atoms with Crippen LogP contribution < -0.4 is 0 Å². The largest absolute Gasteiger partial charge is 0.0884 e. The average Bonchev–Trinajstić information content (AvgIpc) is 2.10. The van der Waals surface area contributed by atoms with Gasteiger partial charge in [-0.05, 0) is 26.7 Å². The van der Waals surface area contributed by atoms with Crippen LogP contribution in [0.4, 0.5) is 0 Å². The van der Waals surface area contributed by atoms with Gasteiger partial charge >= 0.3 is 0 Å². The van der Waals surface area contributed by atoms with E-state index >= 15 is 0 Å². The SMILES string of the molecule is CC=C(C)CC=CC=CCCC. The van der Waals surface area contributed by atoms with E-state index in [1.54, 1.807) is 0 Å². The van der Waals surface area contributed by atoms with Gasteiger partial charge in [-0.25, -0.2) is 0 Å². The monoisotopic (exact) mass is 164 g/mol. The molecule has 0 amide bonds. The van der Waals surface area contributed by atoms with Crippen LogP contribution >= 0.6 is 0 Å². The Morgan fingerprint density at radius 3 is 2.42 bits per heavy atom. The summed E-state index contributed by atoms with van der Waals surface area (Å²) in [6.45, 7) is 6.42. The van der Waals surface area contributed by atoms with Gasteiger partial charge < -0.3 is 0 Å². The fraction of sp³-hybridized carbons (Fsp3) is 0.500. The molecule has 0 spiro atoms. The molecule has 12 heavy (non-hydrogen) atoms. The van der Waals surface area contributed by atoms with Crippen LogP contribution in [0.25, 0.3) is 0 Å². The molecule has 0 N–H and O–H groups in total. The maximum atomic E-state index is 2.21. The summed E-state index contributed by atoms with van der Waals surface area (Å²) >= 11 is 0. The van der Waals surface area contributed by atoms with Gasteiger partial charge in [0.25, 0.3) is 0 Å². The minimum absolute atomic E-state index is 1.08. The summed E-state index contributed by atoms with van der Waals surface area (Å²) in [4.78, 5) is 0. The first-order valence-electron chi connectivity index (χ1n) is 4.74. The highest BCUT2D eigenvalue weighted by Gasteiger charge is 1.79. The first-order valence-corrected chi connectivity index (χ1v) is 4.74. The molecule has 0 aliphatic rings. The number of hydrogen-bond donors (Lipinski definition) is 0. The first kappa shape index (κ1) is 11.2. The Morgan fingerprint density at radius 1 is 1.17 bits per heavy atom. The van der Waals surface area contributed by atoms with Crippen molar-refractivity contribution in [3.8, 4) is 0 Å². The molecule has 0 aromatic heterocycles. The third-order valence-electron chi connectivity index (χ3n) is 1.77. The molecule has 0 aliphatic carbocycles. The minimum atomic E-state index is 1.08. The highest BCUT2D eigenvalue weighted by Crippen LogP contribution is 1.99. The lowest BCUT2D eigenvalue weighted by atomic mass is 10.2. The summed E-state index contributed by atoms with van der Waals surface area (Å²) in [5, 5.41) is 0. The summed E-state index contributed by atoms with van der Waals surface area (Å²) in [5.74, 6) is 0. The van der Waals surface area contributed by atoms with Crippen molar-refractivity contribution in [3.63, 3.8) is 0 Å². The molecule has 0 saturated carbocycles. The molecular formula is C12H20. The fourth-order valence-corrected chi connectivity index (χ4v) is 0.792. The van der Waals surface area contributed by atoms with Crippen LogP contribution in [-0.4, -0.2) is 0 Å². The second-order valence-corrected chi connectivity index (χ2v) is 2.98. The van der Waals surface area contributed by atoms with Crippen molar-refractivity contribution in [2.24, 2.45) is 0 Å². The molecule has 0 aromatic carbocycles. The second kappa shape index (κ2) is 8.32. The van der Waals surface area contributed by atoms with Gasteiger partial charge in [-0.2, -0.15) is 0 Å². The lowest BCUT2D eigenvalue weighted by Crippen LogP contribution is -1.69. The number of allylic oxidation sites excluding steroid dienone is 6. The van der Waals surface area contributed by atoms with Crippen molar-refractivity contribution in [1.82, 2.24) is 0 Å². The zero-order valence-corrected chi connectivity index (χ0v) is 8.51. The summed E-state index contributed by atoms with van der Waals surface area (Å²) < 4.78 is 0. The summed E-state index contributed by atoms with van der Waals surface area (Å²) in [6.07, 6.45) is 14.3. The predicted molar refractivity (Wildman–Crippen MR) is 57.2 cm³/mol. The summed E-state index contributed by atoms with van der Waals surface area (Å²) in [7, 11) is 0. The number of rotatable bonds is 5. The minimum Gasteiger partial charge on any atom is -0.0884 e. The molecule has 0 rings (SSSR count). The van der Waals surface area contributed by atoms with E-state index in [0.717, 1.165) is 6.42 Å². The van der Waals surface area contributed by atoms with E-state index in [9.17, 15) is 0 Å². The molecule has 0 heteroatoms. The standard InChI is InChI=1S/C12H20/c1-4-6-7-8-9-10-11-12(3)5-2/h5,7-10H,4,6,11H2,1-3H3. The first-order chi connectivity index (χ1) is 5.81. The molecule has 0 heterocycles. The second-order valence-electron chi connectivity index (χ2n) is 2.98. The average molecular weight is 164 g/mol. The van der Waals surface area contributed by atoms with E-state index in [2.05, 4.69) is 51.2 Å². The van der Waals surface area contributed by atoms with Crippen LogP contribution in [0.5, 0.6) is 0 Å². The quantitative estimate of drug-likeness (QED) is 0.421. The van der Waals surface area contributed by atoms with Crippen LogP contribution in [-0.2, 0) is 0 Å². The van der Waals surface area contributed by atoms with E-state index in [4.69, 9.17) is 0 Å². The van der Waals surface area contributed by atoms with Crippen molar-refractivity contribution in [2.75, 3.05) is 0 Å². The molecule has 0 atom stereocenters. The van der Waals surface area contributed by atoms with Crippen molar-refractivity contribution < 1.29 is 0 Å². The van der Waals surface area contributed by atoms with Crippen LogP contribution in [0.15, 0.2) is 36.0 Å². The van der Waals surface area contributed by atoms with E-state index in [1.807, 2.05) is 0 Å². The van der Waals surface area contributed by atoms with Gasteiger partial charge in [0.1, 0.15) is 0 Å². The van der Waals surface area contributed by atoms with Crippen molar-refractivity contribution in [1.29, 1.82) is 0 Å². The highest BCUT2D eigenvalue weighted by molar-refractivity contribution is 5.08. The molecular weight excluding hydrogens is 144 g/mol. The van der Waals surface area contributed by atoms with Gasteiger partial charge in [-0.3, -0.25) is 0 Å². The molecule has 0 nitrogen and oxygen atoms in total. The van der Waals surface area contributed by atoms with Gasteiger partial charge in [0, 0.05) is 0 Å². The highest BCUT2D eigenvalue weighted by atomic mass is 13.9. The van der Waals surface area contributed by atoms with Crippen LogP contribution in [0, 0.1) is 0 Å².